The van der Waals surface area contributed by atoms with Crippen molar-refractivity contribution >= 4 is 5.84 Å². The number of aliphatic imine (C=N–C) groups is 1. The smallest absolute Gasteiger partial charge is 0.126 e. The molecule has 1 aromatic carbocycles. The fourth-order valence-corrected chi connectivity index (χ4v) is 1.68. The van der Waals surface area contributed by atoms with E-state index < -0.39 is 0 Å². The molecule has 12 heavy (non-hydrogen) atoms. The SMILES string of the molecule is Cc1cccc2c1C(N)=NCC2. The van der Waals surface area contributed by atoms with Gasteiger partial charge in [0.2, 0.25) is 0 Å². The maximum atomic E-state index is 5.80. The van der Waals surface area contributed by atoms with E-state index in [2.05, 4.69) is 30.1 Å². The Morgan fingerprint density at radius 1 is 1.42 bits per heavy atom. The van der Waals surface area contributed by atoms with Crippen molar-refractivity contribution in [1.82, 2.24) is 0 Å². The number of fused-ring (bicyclic) bond motifs is 1. The van der Waals surface area contributed by atoms with Gasteiger partial charge in [-0.05, 0) is 24.5 Å². The van der Waals surface area contributed by atoms with Crippen LogP contribution >= 0.6 is 0 Å². The molecule has 0 aliphatic carbocycles. The van der Waals surface area contributed by atoms with Gasteiger partial charge in [-0.2, -0.15) is 0 Å². The van der Waals surface area contributed by atoms with Crippen molar-refractivity contribution in [2.45, 2.75) is 13.3 Å². The quantitative estimate of drug-likeness (QED) is 0.609. The first kappa shape index (κ1) is 7.35. The van der Waals surface area contributed by atoms with Gasteiger partial charge in [-0.3, -0.25) is 4.99 Å². The molecule has 0 unspecified atom stereocenters. The molecule has 0 amide bonds. The molecule has 1 aromatic rings. The lowest BCUT2D eigenvalue weighted by Crippen LogP contribution is -2.22. The Kier molecular flexibility index (Phi) is 1.61. The average molecular weight is 160 g/mol. The van der Waals surface area contributed by atoms with Crippen molar-refractivity contribution in [3.05, 3.63) is 34.9 Å². The minimum absolute atomic E-state index is 0.703. The summed E-state index contributed by atoms with van der Waals surface area (Å²) in [7, 11) is 0. The zero-order valence-corrected chi connectivity index (χ0v) is 7.17. The number of hydrogen-bond acceptors (Lipinski definition) is 2. The number of nitrogens with zero attached hydrogens (tertiary/aromatic N) is 1. The summed E-state index contributed by atoms with van der Waals surface area (Å²) in [5.74, 6) is 0.703. The highest BCUT2D eigenvalue weighted by Crippen LogP contribution is 2.17. The van der Waals surface area contributed by atoms with Gasteiger partial charge in [-0.15, -0.1) is 0 Å². The molecule has 2 N–H and O–H groups in total. The van der Waals surface area contributed by atoms with Crippen LogP contribution in [0.1, 0.15) is 16.7 Å². The van der Waals surface area contributed by atoms with Crippen molar-refractivity contribution in [3.8, 4) is 0 Å². The second-order valence-electron chi connectivity index (χ2n) is 3.13. The summed E-state index contributed by atoms with van der Waals surface area (Å²) in [4.78, 5) is 4.23. The summed E-state index contributed by atoms with van der Waals surface area (Å²) >= 11 is 0. The standard InChI is InChI=1S/C10H12N2/c1-7-3-2-4-8-5-6-12-10(11)9(7)8/h2-4H,5-6H2,1H3,(H2,11,12). The zero-order chi connectivity index (χ0) is 8.55. The average Bonchev–Trinajstić information content (AvgIpc) is 2.04. The Hall–Kier alpha value is -1.31. The molecule has 2 heteroatoms. The lowest BCUT2D eigenvalue weighted by molar-refractivity contribution is 0.935. The molecule has 0 spiro atoms. The molecule has 0 aromatic heterocycles. The maximum Gasteiger partial charge on any atom is 0.126 e. The van der Waals surface area contributed by atoms with Crippen LogP contribution in [-0.4, -0.2) is 12.4 Å². The third kappa shape index (κ3) is 0.998. The van der Waals surface area contributed by atoms with Gasteiger partial charge >= 0.3 is 0 Å². The van der Waals surface area contributed by atoms with Crippen LogP contribution in [0.15, 0.2) is 23.2 Å². The largest absolute Gasteiger partial charge is 0.383 e. The highest BCUT2D eigenvalue weighted by Gasteiger charge is 2.12. The van der Waals surface area contributed by atoms with Gasteiger partial charge in [-0.25, -0.2) is 0 Å². The van der Waals surface area contributed by atoms with Crippen molar-refractivity contribution in [2.75, 3.05) is 6.54 Å². The van der Waals surface area contributed by atoms with Gasteiger partial charge in [0.25, 0.3) is 0 Å². The van der Waals surface area contributed by atoms with Crippen LogP contribution in [0, 0.1) is 6.92 Å². The van der Waals surface area contributed by atoms with Crippen LogP contribution in [0.5, 0.6) is 0 Å². The molecule has 2 nitrogen and oxygen atoms in total. The summed E-state index contributed by atoms with van der Waals surface area (Å²) in [5, 5.41) is 0. The molecule has 1 aliphatic rings. The van der Waals surface area contributed by atoms with Gasteiger partial charge in [0.15, 0.2) is 0 Å². The first-order valence-corrected chi connectivity index (χ1v) is 4.18. The summed E-state index contributed by atoms with van der Waals surface area (Å²) in [6.45, 7) is 2.91. The lowest BCUT2D eigenvalue weighted by Gasteiger charge is -2.15. The van der Waals surface area contributed by atoms with Gasteiger partial charge in [0.05, 0.1) is 0 Å². The Balaban J connectivity index is 2.64. The highest BCUT2D eigenvalue weighted by atomic mass is 14.9. The van der Waals surface area contributed by atoms with Crippen LogP contribution < -0.4 is 5.73 Å². The molecule has 0 atom stereocenters. The number of nitrogens with two attached hydrogens (primary N) is 1. The van der Waals surface area contributed by atoms with Crippen molar-refractivity contribution in [3.63, 3.8) is 0 Å². The van der Waals surface area contributed by atoms with E-state index in [4.69, 9.17) is 5.73 Å². The third-order valence-corrected chi connectivity index (χ3v) is 2.28. The van der Waals surface area contributed by atoms with E-state index in [1.165, 1.54) is 11.1 Å². The highest BCUT2D eigenvalue weighted by molar-refractivity contribution is 6.00. The number of amidine groups is 1. The second kappa shape index (κ2) is 2.63. The molecule has 0 saturated carbocycles. The van der Waals surface area contributed by atoms with Crippen LogP contribution in [-0.2, 0) is 6.42 Å². The van der Waals surface area contributed by atoms with E-state index in [1.54, 1.807) is 0 Å². The predicted octanol–water partition coefficient (Wildman–Crippen LogP) is 1.26. The van der Waals surface area contributed by atoms with Crippen LogP contribution in [0.2, 0.25) is 0 Å². The first-order valence-electron chi connectivity index (χ1n) is 4.18. The fourth-order valence-electron chi connectivity index (χ4n) is 1.68. The predicted molar refractivity (Wildman–Crippen MR) is 50.5 cm³/mol. The van der Waals surface area contributed by atoms with Crippen LogP contribution in [0.4, 0.5) is 0 Å². The molecule has 0 bridgehead atoms. The molecule has 2 rings (SSSR count). The Morgan fingerprint density at radius 3 is 3.00 bits per heavy atom. The molecule has 62 valence electrons. The second-order valence-corrected chi connectivity index (χ2v) is 3.13. The molecular weight excluding hydrogens is 148 g/mol. The molecule has 0 saturated heterocycles. The Morgan fingerprint density at radius 2 is 2.25 bits per heavy atom. The van der Waals surface area contributed by atoms with Crippen LogP contribution in [0.3, 0.4) is 0 Å². The monoisotopic (exact) mass is 160 g/mol. The Bertz CT molecular complexity index is 340. The van der Waals surface area contributed by atoms with Crippen molar-refractivity contribution < 1.29 is 0 Å². The van der Waals surface area contributed by atoms with Crippen molar-refractivity contribution in [1.29, 1.82) is 0 Å². The fraction of sp³-hybridized carbons (Fsp3) is 0.300. The summed E-state index contributed by atoms with van der Waals surface area (Å²) in [6, 6.07) is 6.28. The van der Waals surface area contributed by atoms with Gasteiger partial charge < -0.3 is 5.73 Å². The van der Waals surface area contributed by atoms with E-state index in [9.17, 15) is 0 Å². The third-order valence-electron chi connectivity index (χ3n) is 2.28. The van der Waals surface area contributed by atoms with Gasteiger partial charge in [0.1, 0.15) is 5.84 Å². The van der Waals surface area contributed by atoms with Gasteiger partial charge in [-0.1, -0.05) is 18.2 Å². The van der Waals surface area contributed by atoms with E-state index >= 15 is 0 Å². The number of aryl methyl sites for hydroxylation is 1. The topological polar surface area (TPSA) is 38.4 Å². The zero-order valence-electron chi connectivity index (χ0n) is 7.17. The summed E-state index contributed by atoms with van der Waals surface area (Å²) in [5.41, 5.74) is 9.52. The molecule has 1 heterocycles. The number of hydrogen-bond donors (Lipinski definition) is 1. The van der Waals surface area contributed by atoms with E-state index in [-0.39, 0.29) is 0 Å². The van der Waals surface area contributed by atoms with Crippen LogP contribution in [0.25, 0.3) is 0 Å². The van der Waals surface area contributed by atoms with Crippen molar-refractivity contribution in [2.24, 2.45) is 10.7 Å². The molecule has 0 radical (unpaired) electrons. The normalized spacial score (nSPS) is 15.2. The molecular formula is C10H12N2. The number of benzene rings is 1. The minimum atomic E-state index is 0.703. The van der Waals surface area contributed by atoms with Gasteiger partial charge in [0, 0.05) is 12.1 Å². The minimum Gasteiger partial charge on any atom is -0.383 e. The number of rotatable bonds is 0. The van der Waals surface area contributed by atoms with E-state index in [0.717, 1.165) is 18.5 Å². The maximum absolute atomic E-state index is 5.80. The van der Waals surface area contributed by atoms with E-state index in [0.29, 0.717) is 5.84 Å². The van der Waals surface area contributed by atoms with E-state index in [1.807, 2.05) is 0 Å². The lowest BCUT2D eigenvalue weighted by atomic mass is 9.97. The summed E-state index contributed by atoms with van der Waals surface area (Å²) in [6.07, 6.45) is 1.03. The molecule has 0 fully saturated rings. The molecule has 1 aliphatic heterocycles. The summed E-state index contributed by atoms with van der Waals surface area (Å²) < 4.78 is 0. The Labute approximate surface area is 72.1 Å². The first-order chi connectivity index (χ1) is 5.79.